The van der Waals surface area contributed by atoms with Crippen LogP contribution in [-0.4, -0.2) is 13.2 Å². The van der Waals surface area contributed by atoms with Crippen molar-refractivity contribution in [1.82, 2.24) is 0 Å². The highest BCUT2D eigenvalue weighted by atomic mass is 28.3. The molecule has 0 aliphatic carbocycles. The number of hydrogen-bond acceptors (Lipinski definition) is 1. The first-order valence-electron chi connectivity index (χ1n) is 6.42. The lowest BCUT2D eigenvalue weighted by molar-refractivity contribution is 0.220. The summed E-state index contributed by atoms with van der Waals surface area (Å²) in [5.41, 5.74) is 1.38. The normalized spacial score (nSPS) is 13.3. The van der Waals surface area contributed by atoms with Gasteiger partial charge in [-0.3, -0.25) is 0 Å². The molecular formula is C16H19FOSi. The summed E-state index contributed by atoms with van der Waals surface area (Å²) < 4.78 is 13.2. The van der Waals surface area contributed by atoms with Crippen LogP contribution in [0.5, 0.6) is 0 Å². The predicted octanol–water partition coefficient (Wildman–Crippen LogP) is 3.45. The molecule has 3 heteroatoms. The van der Waals surface area contributed by atoms with E-state index in [0.717, 1.165) is 5.56 Å². The van der Waals surface area contributed by atoms with Crippen LogP contribution in [0.4, 0.5) is 4.39 Å². The molecule has 0 aromatic heterocycles. The van der Waals surface area contributed by atoms with Crippen molar-refractivity contribution in [2.24, 2.45) is 0 Å². The Kier molecular flexibility index (Phi) is 3.87. The van der Waals surface area contributed by atoms with E-state index < -0.39 is 14.2 Å². The van der Waals surface area contributed by atoms with E-state index in [1.54, 1.807) is 12.1 Å². The molecule has 0 radical (unpaired) electrons. The van der Waals surface area contributed by atoms with Crippen molar-refractivity contribution < 1.29 is 9.50 Å². The van der Waals surface area contributed by atoms with Crippen molar-refractivity contribution >= 4 is 13.3 Å². The summed E-state index contributed by atoms with van der Waals surface area (Å²) in [4.78, 5) is 0. The summed E-state index contributed by atoms with van der Waals surface area (Å²) in [6.07, 6.45) is -0.772. The fourth-order valence-corrected chi connectivity index (χ4v) is 3.20. The lowest BCUT2D eigenvalue weighted by Gasteiger charge is -2.18. The van der Waals surface area contributed by atoms with Crippen molar-refractivity contribution in [1.29, 1.82) is 0 Å². The number of rotatable bonds is 3. The summed E-state index contributed by atoms with van der Waals surface area (Å²) in [5.74, 6) is -0.324. The van der Waals surface area contributed by atoms with E-state index in [1.807, 2.05) is 12.1 Å². The maximum Gasteiger partial charge on any atom is 0.123 e. The van der Waals surface area contributed by atoms with Gasteiger partial charge in [-0.15, -0.1) is 0 Å². The van der Waals surface area contributed by atoms with E-state index in [2.05, 4.69) is 31.8 Å². The average molecular weight is 274 g/mol. The number of aliphatic hydroxyl groups is 1. The monoisotopic (exact) mass is 274 g/mol. The maximum atomic E-state index is 13.2. The first-order chi connectivity index (χ1) is 8.88. The summed E-state index contributed by atoms with van der Waals surface area (Å²) in [5, 5.41) is 11.6. The molecule has 0 bridgehead atoms. The minimum absolute atomic E-state index is 0.324. The number of halogens is 1. The van der Waals surface area contributed by atoms with Crippen LogP contribution >= 0.6 is 0 Å². The third kappa shape index (κ3) is 3.31. The summed E-state index contributed by atoms with van der Waals surface area (Å²) in [7, 11) is -1.32. The molecule has 1 unspecified atom stereocenters. The van der Waals surface area contributed by atoms with Crippen LogP contribution in [0.15, 0.2) is 48.5 Å². The Balaban J connectivity index is 2.27. The minimum atomic E-state index is -1.32. The Hall–Kier alpha value is -1.45. The maximum absolute atomic E-state index is 13.2. The second-order valence-corrected chi connectivity index (χ2v) is 10.9. The molecule has 0 saturated carbocycles. The quantitative estimate of drug-likeness (QED) is 0.850. The van der Waals surface area contributed by atoms with Gasteiger partial charge in [0.05, 0.1) is 8.07 Å². The molecule has 1 nitrogen and oxygen atoms in total. The van der Waals surface area contributed by atoms with Gasteiger partial charge in [-0.25, -0.2) is 4.39 Å². The smallest absolute Gasteiger partial charge is 0.123 e. The van der Waals surface area contributed by atoms with Crippen molar-refractivity contribution in [3.8, 4) is 0 Å². The standard InChI is InChI=1S/C16H19FOSi/c1-19(2,3)15-9-7-12(8-10-15)16(18)13-5-4-6-14(17)11-13/h4-11,16,18H,1-3H3. The molecule has 0 aliphatic rings. The van der Waals surface area contributed by atoms with Crippen LogP contribution in [0.1, 0.15) is 17.2 Å². The number of hydrogen-bond donors (Lipinski definition) is 1. The summed E-state index contributed by atoms with van der Waals surface area (Å²) >= 11 is 0. The van der Waals surface area contributed by atoms with Crippen molar-refractivity contribution in [3.63, 3.8) is 0 Å². The predicted molar refractivity (Wildman–Crippen MR) is 79.9 cm³/mol. The molecule has 2 aromatic rings. The first-order valence-corrected chi connectivity index (χ1v) is 9.92. The van der Waals surface area contributed by atoms with Crippen LogP contribution < -0.4 is 5.19 Å². The third-order valence-corrected chi connectivity index (χ3v) is 5.32. The summed E-state index contributed by atoms with van der Waals surface area (Å²) in [6.45, 7) is 6.85. The van der Waals surface area contributed by atoms with Gasteiger partial charge in [0, 0.05) is 0 Å². The molecular weight excluding hydrogens is 255 g/mol. The third-order valence-electron chi connectivity index (χ3n) is 3.26. The molecule has 0 heterocycles. The molecule has 0 spiro atoms. The summed E-state index contributed by atoms with van der Waals surface area (Å²) in [6, 6.07) is 14.1. The van der Waals surface area contributed by atoms with Gasteiger partial charge in [-0.1, -0.05) is 61.2 Å². The number of benzene rings is 2. The Morgan fingerprint density at radius 1 is 0.947 bits per heavy atom. The van der Waals surface area contributed by atoms with Gasteiger partial charge < -0.3 is 5.11 Å². The second-order valence-electron chi connectivity index (χ2n) is 5.83. The van der Waals surface area contributed by atoms with Crippen LogP contribution in [0.2, 0.25) is 19.6 Å². The van der Waals surface area contributed by atoms with Crippen molar-refractivity contribution in [2.45, 2.75) is 25.7 Å². The van der Waals surface area contributed by atoms with Crippen LogP contribution in [0.25, 0.3) is 0 Å². The van der Waals surface area contributed by atoms with E-state index in [0.29, 0.717) is 5.56 Å². The number of aliphatic hydroxyl groups excluding tert-OH is 1. The largest absolute Gasteiger partial charge is 0.384 e. The van der Waals surface area contributed by atoms with Gasteiger partial charge in [0.15, 0.2) is 0 Å². The topological polar surface area (TPSA) is 20.2 Å². The van der Waals surface area contributed by atoms with E-state index in [4.69, 9.17) is 0 Å². The molecule has 0 aliphatic heterocycles. The van der Waals surface area contributed by atoms with E-state index in [-0.39, 0.29) is 5.82 Å². The highest BCUT2D eigenvalue weighted by Crippen LogP contribution is 2.22. The zero-order chi connectivity index (χ0) is 14.0. The van der Waals surface area contributed by atoms with Crippen molar-refractivity contribution in [3.05, 3.63) is 65.5 Å². The van der Waals surface area contributed by atoms with Gasteiger partial charge in [0.2, 0.25) is 0 Å². The molecule has 1 atom stereocenters. The van der Waals surface area contributed by atoms with Crippen molar-refractivity contribution in [2.75, 3.05) is 0 Å². The van der Waals surface area contributed by atoms with Gasteiger partial charge in [0.25, 0.3) is 0 Å². The lowest BCUT2D eigenvalue weighted by Crippen LogP contribution is -2.37. The molecule has 2 rings (SSSR count). The molecule has 19 heavy (non-hydrogen) atoms. The Morgan fingerprint density at radius 3 is 2.11 bits per heavy atom. The molecule has 0 amide bonds. The van der Waals surface area contributed by atoms with Crippen LogP contribution in [0.3, 0.4) is 0 Å². The van der Waals surface area contributed by atoms with Gasteiger partial charge in [-0.05, 0) is 23.3 Å². The molecule has 0 saturated heterocycles. The molecule has 100 valence electrons. The van der Waals surface area contributed by atoms with E-state index >= 15 is 0 Å². The Bertz CT molecular complexity index is 558. The Labute approximate surface area is 114 Å². The average Bonchev–Trinajstić information content (AvgIpc) is 2.37. The van der Waals surface area contributed by atoms with E-state index in [1.165, 1.54) is 17.3 Å². The first kappa shape index (κ1) is 14.0. The van der Waals surface area contributed by atoms with Crippen LogP contribution in [0, 0.1) is 5.82 Å². The van der Waals surface area contributed by atoms with E-state index in [9.17, 15) is 9.50 Å². The lowest BCUT2D eigenvalue weighted by atomic mass is 10.0. The minimum Gasteiger partial charge on any atom is -0.384 e. The highest BCUT2D eigenvalue weighted by Gasteiger charge is 2.17. The fraction of sp³-hybridized carbons (Fsp3) is 0.250. The highest BCUT2D eigenvalue weighted by molar-refractivity contribution is 6.88. The Morgan fingerprint density at radius 2 is 1.58 bits per heavy atom. The van der Waals surface area contributed by atoms with Crippen LogP contribution in [-0.2, 0) is 0 Å². The molecule has 2 aromatic carbocycles. The second kappa shape index (κ2) is 5.27. The zero-order valence-electron chi connectivity index (χ0n) is 11.5. The fourth-order valence-electron chi connectivity index (χ4n) is 2.03. The van der Waals surface area contributed by atoms with Gasteiger partial charge in [0.1, 0.15) is 11.9 Å². The van der Waals surface area contributed by atoms with Gasteiger partial charge >= 0.3 is 0 Å². The molecule has 0 fully saturated rings. The SMILES string of the molecule is C[Si](C)(C)c1ccc(C(O)c2cccc(F)c2)cc1. The zero-order valence-corrected chi connectivity index (χ0v) is 12.5. The molecule has 1 N–H and O–H groups in total. The van der Waals surface area contributed by atoms with Gasteiger partial charge in [-0.2, -0.15) is 0 Å².